The summed E-state index contributed by atoms with van der Waals surface area (Å²) >= 11 is 18.8. The van der Waals surface area contributed by atoms with E-state index in [4.69, 9.17) is 44.3 Å². The number of hydrogen-bond acceptors (Lipinski definition) is 3. The Kier molecular flexibility index (Phi) is 7.55. The molecule has 0 saturated carbocycles. The lowest BCUT2D eigenvalue weighted by molar-refractivity contribution is -0.176. The summed E-state index contributed by atoms with van der Waals surface area (Å²) < 4.78 is 13.1. The zero-order chi connectivity index (χ0) is 21.7. The van der Waals surface area contributed by atoms with Crippen molar-refractivity contribution in [3.63, 3.8) is 0 Å². The van der Waals surface area contributed by atoms with Gasteiger partial charge in [0.2, 0.25) is 0 Å². The summed E-state index contributed by atoms with van der Waals surface area (Å²) in [6.07, 6.45) is 0.562. The topological polar surface area (TPSA) is 30.5 Å². The summed E-state index contributed by atoms with van der Waals surface area (Å²) in [7, 11) is 0. The highest BCUT2D eigenvalue weighted by molar-refractivity contribution is 6.33. The number of nitrogens with one attached hydrogen (secondary N) is 1. The van der Waals surface area contributed by atoms with Crippen LogP contribution in [-0.4, -0.2) is 19.2 Å². The monoisotopic (exact) mass is 475 g/mol. The zero-order valence-corrected chi connectivity index (χ0v) is 19.3. The summed E-state index contributed by atoms with van der Waals surface area (Å²) in [5, 5.41) is 5.40. The second-order valence-electron chi connectivity index (χ2n) is 7.66. The van der Waals surface area contributed by atoms with Crippen LogP contribution in [0.4, 0.5) is 0 Å². The number of halogens is 3. The second-order valence-corrected chi connectivity index (χ2v) is 8.94. The van der Waals surface area contributed by atoms with E-state index >= 15 is 0 Å². The molecule has 6 heteroatoms. The minimum absolute atomic E-state index is 0.194. The molecule has 2 atom stereocenters. The van der Waals surface area contributed by atoms with E-state index in [0.717, 1.165) is 29.7 Å². The molecule has 0 unspecified atom stereocenters. The average Bonchev–Trinajstić information content (AvgIpc) is 2.80. The average molecular weight is 477 g/mol. The molecule has 3 nitrogen and oxygen atoms in total. The molecular weight excluding hydrogens is 453 g/mol. The summed E-state index contributed by atoms with van der Waals surface area (Å²) in [6, 6.07) is 23.4. The summed E-state index contributed by atoms with van der Waals surface area (Å²) in [4.78, 5) is 0. The van der Waals surface area contributed by atoms with E-state index in [1.54, 1.807) is 12.1 Å². The molecule has 1 fully saturated rings. The Morgan fingerprint density at radius 1 is 0.871 bits per heavy atom. The maximum atomic E-state index is 6.67. The van der Waals surface area contributed by atoms with Crippen LogP contribution in [0.1, 0.15) is 23.1 Å². The molecule has 0 spiro atoms. The SMILES string of the molecule is Clc1ccc([C@@]2(OCc3cc(Cl)ccc3Cl)CCNC[C@@H]2OCc2ccccc2)cc1. The Bertz CT molecular complexity index is 997. The van der Waals surface area contributed by atoms with Gasteiger partial charge in [0.05, 0.1) is 13.2 Å². The zero-order valence-electron chi connectivity index (χ0n) is 17.0. The molecule has 0 radical (unpaired) electrons. The summed E-state index contributed by atoms with van der Waals surface area (Å²) in [6.45, 7) is 2.33. The minimum atomic E-state index is -0.643. The van der Waals surface area contributed by atoms with E-state index in [1.807, 2.05) is 48.5 Å². The molecule has 0 aromatic heterocycles. The van der Waals surface area contributed by atoms with Gasteiger partial charge in [-0.25, -0.2) is 0 Å². The Morgan fingerprint density at radius 3 is 2.39 bits per heavy atom. The lowest BCUT2D eigenvalue weighted by Crippen LogP contribution is -2.54. The van der Waals surface area contributed by atoms with Gasteiger partial charge < -0.3 is 14.8 Å². The van der Waals surface area contributed by atoms with Gasteiger partial charge in [-0.3, -0.25) is 0 Å². The number of hydrogen-bond donors (Lipinski definition) is 1. The third-order valence-corrected chi connectivity index (χ3v) is 6.50. The van der Waals surface area contributed by atoms with Crippen LogP contribution < -0.4 is 5.32 Å². The van der Waals surface area contributed by atoms with Crippen LogP contribution in [0.5, 0.6) is 0 Å². The van der Waals surface area contributed by atoms with Gasteiger partial charge in [-0.1, -0.05) is 77.3 Å². The number of rotatable bonds is 7. The van der Waals surface area contributed by atoms with Crippen LogP contribution in [0.3, 0.4) is 0 Å². The van der Waals surface area contributed by atoms with Crippen molar-refractivity contribution >= 4 is 34.8 Å². The largest absolute Gasteiger partial charge is 0.369 e. The molecule has 1 N–H and O–H groups in total. The van der Waals surface area contributed by atoms with Crippen molar-refractivity contribution < 1.29 is 9.47 Å². The fourth-order valence-electron chi connectivity index (χ4n) is 3.97. The van der Waals surface area contributed by atoms with Gasteiger partial charge >= 0.3 is 0 Å². The van der Waals surface area contributed by atoms with Gasteiger partial charge in [0.25, 0.3) is 0 Å². The predicted octanol–water partition coefficient (Wildman–Crippen LogP) is 6.64. The van der Waals surface area contributed by atoms with E-state index in [1.165, 1.54) is 0 Å². The first-order chi connectivity index (χ1) is 15.1. The number of piperidine rings is 1. The smallest absolute Gasteiger partial charge is 0.122 e. The van der Waals surface area contributed by atoms with Gasteiger partial charge in [0.1, 0.15) is 11.7 Å². The van der Waals surface area contributed by atoms with Crippen molar-refractivity contribution in [1.82, 2.24) is 5.32 Å². The van der Waals surface area contributed by atoms with Crippen molar-refractivity contribution in [3.05, 3.63) is 105 Å². The third-order valence-electron chi connectivity index (χ3n) is 5.64. The van der Waals surface area contributed by atoms with Gasteiger partial charge in [-0.15, -0.1) is 0 Å². The van der Waals surface area contributed by atoms with Crippen LogP contribution in [0.25, 0.3) is 0 Å². The van der Waals surface area contributed by atoms with E-state index in [-0.39, 0.29) is 6.10 Å². The van der Waals surface area contributed by atoms with Gasteiger partial charge in [0.15, 0.2) is 0 Å². The van der Waals surface area contributed by atoms with Crippen LogP contribution in [-0.2, 0) is 28.3 Å². The lowest BCUT2D eigenvalue weighted by Gasteiger charge is -2.44. The van der Waals surface area contributed by atoms with E-state index < -0.39 is 5.60 Å². The van der Waals surface area contributed by atoms with Crippen molar-refractivity contribution in [2.45, 2.75) is 31.3 Å². The first-order valence-corrected chi connectivity index (χ1v) is 11.4. The molecule has 1 heterocycles. The highest BCUT2D eigenvalue weighted by atomic mass is 35.5. The van der Waals surface area contributed by atoms with E-state index in [2.05, 4.69) is 17.4 Å². The van der Waals surface area contributed by atoms with Crippen molar-refractivity contribution in [1.29, 1.82) is 0 Å². The fraction of sp³-hybridized carbons (Fsp3) is 0.280. The highest BCUT2D eigenvalue weighted by Crippen LogP contribution is 2.39. The van der Waals surface area contributed by atoms with Crippen LogP contribution in [0.15, 0.2) is 72.8 Å². The first-order valence-electron chi connectivity index (χ1n) is 10.3. The summed E-state index contributed by atoms with van der Waals surface area (Å²) in [5.74, 6) is 0. The van der Waals surface area contributed by atoms with Gasteiger partial charge in [0, 0.05) is 21.6 Å². The molecule has 0 amide bonds. The molecule has 0 aliphatic carbocycles. The van der Waals surface area contributed by atoms with Crippen LogP contribution in [0, 0.1) is 0 Å². The maximum Gasteiger partial charge on any atom is 0.122 e. The molecule has 3 aromatic carbocycles. The Hall–Kier alpha value is -1.59. The Labute approximate surface area is 198 Å². The molecule has 1 aliphatic rings. The molecule has 1 saturated heterocycles. The molecular formula is C25H24Cl3NO2. The van der Waals surface area contributed by atoms with Gasteiger partial charge in [-0.2, -0.15) is 0 Å². The Morgan fingerprint density at radius 2 is 1.61 bits per heavy atom. The van der Waals surface area contributed by atoms with Gasteiger partial charge in [-0.05, 0) is 60.0 Å². The van der Waals surface area contributed by atoms with E-state index in [9.17, 15) is 0 Å². The maximum absolute atomic E-state index is 6.67. The number of benzene rings is 3. The Balaban J connectivity index is 1.64. The summed E-state index contributed by atoms with van der Waals surface area (Å²) in [5.41, 5.74) is 2.37. The standard InChI is InChI=1S/C25H24Cl3NO2/c26-21-8-6-20(7-9-21)25(31-17-19-14-22(27)10-11-23(19)28)12-13-29-15-24(25)30-16-18-4-2-1-3-5-18/h1-11,14,24,29H,12-13,15-17H2/t24-,25-/m0/s1. The minimum Gasteiger partial charge on any atom is -0.369 e. The van der Waals surface area contributed by atoms with Crippen LogP contribution >= 0.6 is 34.8 Å². The second kappa shape index (κ2) is 10.4. The molecule has 162 valence electrons. The molecule has 1 aliphatic heterocycles. The quantitative estimate of drug-likeness (QED) is 0.415. The van der Waals surface area contributed by atoms with Crippen molar-refractivity contribution in [2.75, 3.05) is 13.1 Å². The molecule has 4 rings (SSSR count). The lowest BCUT2D eigenvalue weighted by atomic mass is 9.82. The normalized spacial score (nSPS) is 21.2. The van der Waals surface area contributed by atoms with Crippen LogP contribution in [0.2, 0.25) is 15.1 Å². The number of ether oxygens (including phenoxy) is 2. The predicted molar refractivity (Wildman–Crippen MR) is 127 cm³/mol. The molecule has 0 bridgehead atoms. The van der Waals surface area contributed by atoms with Crippen molar-refractivity contribution in [3.8, 4) is 0 Å². The highest BCUT2D eigenvalue weighted by Gasteiger charge is 2.44. The first kappa shape index (κ1) is 22.6. The van der Waals surface area contributed by atoms with E-state index in [0.29, 0.717) is 34.8 Å². The molecule has 3 aromatic rings. The third kappa shape index (κ3) is 5.43. The fourth-order valence-corrected chi connectivity index (χ4v) is 4.46. The molecule has 31 heavy (non-hydrogen) atoms. The van der Waals surface area contributed by atoms with Crippen molar-refractivity contribution in [2.24, 2.45) is 0 Å².